The average molecular weight is 802 g/mol. The van der Waals surface area contributed by atoms with Crippen molar-refractivity contribution >= 4 is 61.4 Å². The van der Waals surface area contributed by atoms with Crippen LogP contribution in [0, 0.1) is 10.1 Å². The summed E-state index contributed by atoms with van der Waals surface area (Å²) in [5.74, 6) is 0. The molecule has 0 spiro atoms. The van der Waals surface area contributed by atoms with Gasteiger partial charge in [0.25, 0.3) is 5.69 Å². The van der Waals surface area contributed by atoms with Crippen molar-refractivity contribution in [2.75, 3.05) is 0 Å². The highest BCUT2D eigenvalue weighted by atomic mass is 79.9. The average Bonchev–Trinajstić information content (AvgIpc) is 3.51. The van der Waals surface area contributed by atoms with E-state index >= 15 is 0 Å². The van der Waals surface area contributed by atoms with Gasteiger partial charge < -0.3 is 0 Å². The third-order valence-electron chi connectivity index (χ3n) is 8.04. The first kappa shape index (κ1) is 36.6. The van der Waals surface area contributed by atoms with Crippen molar-refractivity contribution in [1.29, 1.82) is 0 Å². The predicted octanol–water partition coefficient (Wildman–Crippen LogP) is 12.1. The van der Waals surface area contributed by atoms with Crippen molar-refractivity contribution in [2.24, 2.45) is 0 Å². The van der Waals surface area contributed by atoms with Gasteiger partial charge in [0.2, 0.25) is 0 Å². The van der Waals surface area contributed by atoms with Crippen LogP contribution in [0.5, 0.6) is 0 Å². The molecule has 0 amide bonds. The topological polar surface area (TPSA) is 43.1 Å². The van der Waals surface area contributed by atoms with E-state index < -0.39 is 7.92 Å². The summed E-state index contributed by atoms with van der Waals surface area (Å²) in [6, 6.07) is 61.9. The lowest BCUT2D eigenvalue weighted by molar-refractivity contribution is -0.384. The lowest BCUT2D eigenvalue weighted by Gasteiger charge is -2.18. The predicted molar refractivity (Wildman–Crippen MR) is 220 cm³/mol. The molecule has 0 aliphatic heterocycles. The highest BCUT2D eigenvalue weighted by Gasteiger charge is 2.18. The number of benzene rings is 7. The lowest BCUT2D eigenvalue weighted by Crippen LogP contribution is -2.20. The summed E-state index contributed by atoms with van der Waals surface area (Å²) in [6.45, 7) is 0. The normalized spacial score (nSPS) is 10.7. The molecular weight excluding hydrogens is 765 g/mol. The van der Waals surface area contributed by atoms with Crippen molar-refractivity contribution in [3.8, 4) is 22.3 Å². The number of nitrogens with zero attached hydrogens (tertiary/aromatic N) is 1. The van der Waals surface area contributed by atoms with Gasteiger partial charge >= 0.3 is 0 Å². The van der Waals surface area contributed by atoms with E-state index in [1.54, 1.807) is 12.1 Å². The van der Waals surface area contributed by atoms with Crippen molar-refractivity contribution in [3.63, 3.8) is 0 Å². The van der Waals surface area contributed by atoms with Crippen LogP contribution in [0.3, 0.4) is 0 Å². The number of rotatable bonds is 5. The largest absolute Gasteiger partial charge is 0.278 e. The molecule has 0 aromatic heterocycles. The van der Waals surface area contributed by atoms with Crippen LogP contribution < -0.4 is 15.9 Å². The quantitative estimate of drug-likeness (QED) is 0.0988. The fraction of sp³-hybridized carbons (Fsp3) is 0.0455. The Hall–Kier alpha value is -4.67. The minimum Gasteiger partial charge on any atom is -0.258 e. The van der Waals surface area contributed by atoms with Crippen LogP contribution in [0.2, 0.25) is 0 Å². The van der Waals surface area contributed by atoms with Crippen molar-refractivity contribution in [3.05, 3.63) is 212 Å². The van der Waals surface area contributed by atoms with Crippen molar-refractivity contribution in [1.82, 2.24) is 0 Å². The summed E-state index contributed by atoms with van der Waals surface area (Å²) in [5, 5.41) is 15.1. The smallest absolute Gasteiger partial charge is 0.258 e. The van der Waals surface area contributed by atoms with Crippen molar-refractivity contribution < 1.29 is 4.92 Å². The van der Waals surface area contributed by atoms with E-state index in [1.165, 1.54) is 48.7 Å². The molecule has 0 bridgehead atoms. The van der Waals surface area contributed by atoms with Crippen LogP contribution in [0.4, 0.5) is 5.69 Å². The third-order valence-corrected chi connectivity index (χ3v) is 11.5. The molecule has 0 radical (unpaired) electrons. The first-order valence-electron chi connectivity index (χ1n) is 15.8. The molecule has 0 heterocycles. The number of halogens is 2. The molecule has 0 saturated carbocycles. The monoisotopic (exact) mass is 799 g/mol. The van der Waals surface area contributed by atoms with Gasteiger partial charge in [-0.05, 0) is 82.3 Å². The molecule has 0 saturated heterocycles. The second-order valence-electron chi connectivity index (χ2n) is 11.3. The van der Waals surface area contributed by atoms with E-state index in [0.29, 0.717) is 10.0 Å². The maximum Gasteiger partial charge on any atom is 0.278 e. The Labute approximate surface area is 312 Å². The zero-order valence-electron chi connectivity index (χ0n) is 26.5. The number of nitro benzene ring substituents is 1. The molecule has 7 aromatic carbocycles. The highest BCUT2D eigenvalue weighted by Crippen LogP contribution is 2.37. The van der Waals surface area contributed by atoms with Crippen LogP contribution >= 0.6 is 39.8 Å². The summed E-state index contributed by atoms with van der Waals surface area (Å²) in [6.07, 6.45) is 1.07. The second kappa shape index (κ2) is 17.8. The molecular formula is C44H36Br2NO2P. The summed E-state index contributed by atoms with van der Waals surface area (Å²) in [5.41, 5.74) is 7.26. The van der Waals surface area contributed by atoms with Gasteiger partial charge in [0.05, 0.1) is 10.5 Å². The molecule has 7 aromatic rings. The standard InChI is InChI=1S/C18H15P.C13H9Br.C12H8BrNO2.CH4/c1-4-10-16(11-5-1)19(17-12-6-2-7-13-17)18-14-8-3-9-15-18;14-11-5-6-13-10(8-11)7-9-3-1-2-4-12(9)13;13-10-6-7-11(12(8-10)14(15)16)9-4-2-1-3-5-9;/h1-15H;1-6,8H,7H2;1-8H;1H4. The number of hydrogen-bond acceptors (Lipinski definition) is 2. The maximum atomic E-state index is 10.9. The lowest BCUT2D eigenvalue weighted by atomic mass is 10.0. The van der Waals surface area contributed by atoms with Gasteiger partial charge in [-0.1, -0.05) is 191 Å². The van der Waals surface area contributed by atoms with Crippen LogP contribution in [-0.4, -0.2) is 4.92 Å². The Bertz CT molecular complexity index is 2050. The van der Waals surface area contributed by atoms with Gasteiger partial charge in [-0.3, -0.25) is 10.1 Å². The minimum atomic E-state index is -0.446. The van der Waals surface area contributed by atoms with Crippen LogP contribution in [0.25, 0.3) is 22.3 Å². The van der Waals surface area contributed by atoms with Gasteiger partial charge in [-0.15, -0.1) is 0 Å². The Kier molecular flexibility index (Phi) is 13.1. The molecule has 0 fully saturated rings. The summed E-state index contributed by atoms with van der Waals surface area (Å²) in [4.78, 5) is 10.6. The molecule has 8 rings (SSSR count). The third kappa shape index (κ3) is 9.11. The first-order valence-corrected chi connectivity index (χ1v) is 18.7. The van der Waals surface area contributed by atoms with Crippen LogP contribution in [0.15, 0.2) is 191 Å². The summed E-state index contributed by atoms with van der Waals surface area (Å²) >= 11 is 6.74. The van der Waals surface area contributed by atoms with Crippen LogP contribution in [0.1, 0.15) is 18.6 Å². The van der Waals surface area contributed by atoms with Gasteiger partial charge in [0, 0.05) is 15.0 Å². The fourth-order valence-corrected chi connectivity index (χ4v) is 8.87. The second-order valence-corrected chi connectivity index (χ2v) is 15.3. The van der Waals surface area contributed by atoms with Crippen molar-refractivity contribution in [2.45, 2.75) is 13.8 Å². The molecule has 0 N–H and O–H groups in total. The molecule has 1 aliphatic carbocycles. The molecule has 3 nitrogen and oxygen atoms in total. The van der Waals surface area contributed by atoms with Crippen LogP contribution in [-0.2, 0) is 6.42 Å². The van der Waals surface area contributed by atoms with E-state index in [-0.39, 0.29) is 18.0 Å². The molecule has 6 heteroatoms. The Morgan fingerprint density at radius 2 is 0.900 bits per heavy atom. The number of hydrogen-bond donors (Lipinski definition) is 0. The zero-order chi connectivity index (χ0) is 34.0. The van der Waals surface area contributed by atoms with Gasteiger partial charge in [0.1, 0.15) is 0 Å². The van der Waals surface area contributed by atoms with Gasteiger partial charge in [0.15, 0.2) is 0 Å². The molecule has 248 valence electrons. The Morgan fingerprint density at radius 1 is 0.480 bits per heavy atom. The highest BCUT2D eigenvalue weighted by molar-refractivity contribution is 9.10. The number of nitro groups is 1. The fourth-order valence-electron chi connectivity index (χ4n) is 5.81. The van der Waals surface area contributed by atoms with Gasteiger partial charge in [-0.25, -0.2) is 0 Å². The maximum absolute atomic E-state index is 10.9. The number of fused-ring (bicyclic) bond motifs is 3. The Morgan fingerprint density at radius 3 is 1.42 bits per heavy atom. The van der Waals surface area contributed by atoms with E-state index in [4.69, 9.17) is 0 Å². The molecule has 50 heavy (non-hydrogen) atoms. The SMILES string of the molecule is Brc1ccc2c(c1)Cc1ccccc1-2.C.O=[N+]([O-])c1cc(Br)ccc1-c1ccccc1.c1ccc(P(c2ccccc2)c2ccccc2)cc1. The molecule has 1 aliphatic rings. The Balaban J connectivity index is 0.000000146. The van der Waals surface area contributed by atoms with Gasteiger partial charge in [-0.2, -0.15) is 0 Å². The minimum absolute atomic E-state index is 0. The first-order chi connectivity index (χ1) is 24.0. The molecule has 0 atom stereocenters. The molecule has 0 unspecified atom stereocenters. The van der Waals surface area contributed by atoms with E-state index in [1.807, 2.05) is 30.3 Å². The van der Waals surface area contributed by atoms with E-state index in [2.05, 4.69) is 165 Å². The summed E-state index contributed by atoms with van der Waals surface area (Å²) in [7, 11) is -0.446. The van der Waals surface area contributed by atoms with E-state index in [0.717, 1.165) is 12.0 Å². The zero-order valence-corrected chi connectivity index (χ0v) is 30.6. The van der Waals surface area contributed by atoms with E-state index in [9.17, 15) is 10.1 Å². The summed E-state index contributed by atoms with van der Waals surface area (Å²) < 4.78 is 1.88.